The van der Waals surface area contributed by atoms with Gasteiger partial charge >= 0.3 is 0 Å². The minimum Gasteiger partial charge on any atom is -0.491 e. The quantitative estimate of drug-likeness (QED) is 0.490. The molecular formula is C24H30F2O. The normalized spacial score (nSPS) is 28.4. The predicted molar refractivity (Wildman–Crippen MR) is 107 cm³/mol. The molecule has 0 radical (unpaired) electrons. The van der Waals surface area contributed by atoms with Crippen molar-refractivity contribution in [1.82, 2.24) is 0 Å². The van der Waals surface area contributed by atoms with Crippen LogP contribution < -0.4 is 4.74 Å². The number of benzene rings is 1. The Labute approximate surface area is 161 Å². The average molecular weight is 372 g/mol. The molecule has 2 unspecified atom stereocenters. The van der Waals surface area contributed by atoms with Crippen LogP contribution >= 0.6 is 0 Å². The van der Waals surface area contributed by atoms with Gasteiger partial charge in [-0.15, -0.1) is 6.58 Å². The van der Waals surface area contributed by atoms with Crippen LogP contribution in [-0.2, 0) is 0 Å². The van der Waals surface area contributed by atoms with E-state index in [2.05, 4.69) is 30.9 Å². The van der Waals surface area contributed by atoms with Gasteiger partial charge in [-0.05, 0) is 74.8 Å². The second-order valence-corrected chi connectivity index (χ2v) is 7.74. The Balaban J connectivity index is 1.59. The third-order valence-corrected chi connectivity index (χ3v) is 5.96. The fraction of sp³-hybridized carbons (Fsp3) is 0.500. The van der Waals surface area contributed by atoms with E-state index in [4.69, 9.17) is 4.74 Å². The zero-order valence-corrected chi connectivity index (χ0v) is 16.2. The maximum Gasteiger partial charge on any atom is 0.200 e. The summed E-state index contributed by atoms with van der Waals surface area (Å²) in [5.74, 6) is 0.0326. The zero-order valence-electron chi connectivity index (χ0n) is 16.2. The second-order valence-electron chi connectivity index (χ2n) is 7.74. The van der Waals surface area contributed by atoms with Crippen molar-refractivity contribution >= 4 is 0 Å². The summed E-state index contributed by atoms with van der Waals surface area (Å²) < 4.78 is 33.7. The van der Waals surface area contributed by atoms with Gasteiger partial charge in [0.05, 0.1) is 6.61 Å². The van der Waals surface area contributed by atoms with Crippen LogP contribution in [0.3, 0.4) is 0 Å². The summed E-state index contributed by atoms with van der Waals surface area (Å²) in [6.07, 6.45) is 17.7. The Morgan fingerprint density at radius 2 is 1.70 bits per heavy atom. The van der Waals surface area contributed by atoms with E-state index < -0.39 is 11.6 Å². The molecular weight excluding hydrogens is 342 g/mol. The molecule has 0 aliphatic heterocycles. The molecule has 1 fully saturated rings. The van der Waals surface area contributed by atoms with Gasteiger partial charge < -0.3 is 4.74 Å². The van der Waals surface area contributed by atoms with Crippen molar-refractivity contribution < 1.29 is 13.5 Å². The lowest BCUT2D eigenvalue weighted by Gasteiger charge is -2.25. The molecule has 146 valence electrons. The number of halogens is 2. The number of allylic oxidation sites excluding steroid dienone is 5. The van der Waals surface area contributed by atoms with E-state index in [0.717, 1.165) is 12.8 Å². The van der Waals surface area contributed by atoms with E-state index >= 15 is 0 Å². The van der Waals surface area contributed by atoms with Crippen molar-refractivity contribution in [2.75, 3.05) is 6.61 Å². The van der Waals surface area contributed by atoms with E-state index in [1.165, 1.54) is 31.7 Å². The summed E-state index contributed by atoms with van der Waals surface area (Å²) in [5, 5.41) is 0. The Bertz CT molecular complexity index is 699. The van der Waals surface area contributed by atoms with E-state index in [0.29, 0.717) is 29.9 Å². The van der Waals surface area contributed by atoms with Gasteiger partial charge in [0, 0.05) is 5.92 Å². The third-order valence-electron chi connectivity index (χ3n) is 5.96. The molecule has 0 saturated heterocycles. The van der Waals surface area contributed by atoms with Gasteiger partial charge in [-0.3, -0.25) is 0 Å². The topological polar surface area (TPSA) is 9.23 Å². The van der Waals surface area contributed by atoms with E-state index in [-0.39, 0.29) is 11.7 Å². The van der Waals surface area contributed by atoms with Crippen LogP contribution in [-0.4, -0.2) is 6.61 Å². The lowest BCUT2D eigenvalue weighted by molar-refractivity contribution is 0.312. The molecule has 0 spiro atoms. The lowest BCUT2D eigenvalue weighted by atomic mass is 9.80. The van der Waals surface area contributed by atoms with Crippen molar-refractivity contribution in [2.45, 2.75) is 51.4 Å². The zero-order chi connectivity index (χ0) is 19.2. The summed E-state index contributed by atoms with van der Waals surface area (Å²) in [5.41, 5.74) is 0.428. The third kappa shape index (κ3) is 4.88. The van der Waals surface area contributed by atoms with Crippen LogP contribution in [0.4, 0.5) is 8.78 Å². The fourth-order valence-corrected chi connectivity index (χ4v) is 4.23. The molecule has 3 heteroatoms. The molecule has 1 aromatic carbocycles. The predicted octanol–water partition coefficient (Wildman–Crippen LogP) is 6.96. The minimum atomic E-state index is -0.875. The van der Waals surface area contributed by atoms with Gasteiger partial charge in [0.2, 0.25) is 5.82 Å². The second kappa shape index (κ2) is 9.34. The highest BCUT2D eigenvalue weighted by molar-refractivity contribution is 5.35. The number of hydrogen-bond acceptors (Lipinski definition) is 1. The standard InChI is InChI=1S/C24H30F2O/c1-3-17-5-7-18(8-6-17)9-10-19-11-13-20(14-12-19)21-15-16-22(27-4-2)24(26)23(21)25/h3,9-11,13,15-20H,1,4-8,12,14H2,2H3/b10-9+. The van der Waals surface area contributed by atoms with Crippen LogP contribution in [0.2, 0.25) is 0 Å². The van der Waals surface area contributed by atoms with Crippen LogP contribution in [0.25, 0.3) is 0 Å². The SMILES string of the molecule is C=CC1CCC(/C=C/C2C=CC(c3ccc(OCC)c(F)c3F)CC2)CC1. The molecule has 3 rings (SSSR count). The Morgan fingerprint density at radius 1 is 0.963 bits per heavy atom. The first kappa shape index (κ1) is 19.9. The summed E-state index contributed by atoms with van der Waals surface area (Å²) in [4.78, 5) is 0. The molecule has 0 heterocycles. The molecule has 0 N–H and O–H groups in total. The van der Waals surface area contributed by atoms with Crippen LogP contribution in [0.15, 0.2) is 49.1 Å². The summed E-state index contributed by atoms with van der Waals surface area (Å²) >= 11 is 0. The average Bonchev–Trinajstić information content (AvgIpc) is 2.71. The van der Waals surface area contributed by atoms with Crippen molar-refractivity contribution in [3.63, 3.8) is 0 Å². The van der Waals surface area contributed by atoms with Crippen molar-refractivity contribution in [3.8, 4) is 5.75 Å². The molecule has 27 heavy (non-hydrogen) atoms. The van der Waals surface area contributed by atoms with Crippen LogP contribution in [0.1, 0.15) is 56.9 Å². The minimum absolute atomic E-state index is 0.00877. The molecule has 2 aliphatic rings. The first-order valence-corrected chi connectivity index (χ1v) is 10.2. The Kier molecular flexibility index (Phi) is 6.87. The Hall–Kier alpha value is -1.90. The summed E-state index contributed by atoms with van der Waals surface area (Å²) in [7, 11) is 0. The fourth-order valence-electron chi connectivity index (χ4n) is 4.23. The number of ether oxygens (including phenoxy) is 1. The monoisotopic (exact) mass is 372 g/mol. The van der Waals surface area contributed by atoms with E-state index in [1.54, 1.807) is 13.0 Å². The first-order valence-electron chi connectivity index (χ1n) is 10.2. The lowest BCUT2D eigenvalue weighted by Crippen LogP contribution is -2.12. The number of hydrogen-bond donors (Lipinski definition) is 0. The number of rotatable bonds is 6. The molecule has 0 aromatic heterocycles. The largest absolute Gasteiger partial charge is 0.491 e. The summed E-state index contributed by atoms with van der Waals surface area (Å²) in [6, 6.07) is 3.20. The maximum absolute atomic E-state index is 14.4. The van der Waals surface area contributed by atoms with Gasteiger partial charge in [0.1, 0.15) is 0 Å². The van der Waals surface area contributed by atoms with E-state index in [9.17, 15) is 8.78 Å². The highest BCUT2D eigenvalue weighted by Gasteiger charge is 2.23. The smallest absolute Gasteiger partial charge is 0.200 e. The summed E-state index contributed by atoms with van der Waals surface area (Å²) in [6.45, 7) is 5.98. The van der Waals surface area contributed by atoms with E-state index in [1.807, 2.05) is 6.08 Å². The van der Waals surface area contributed by atoms with Gasteiger partial charge in [0.25, 0.3) is 0 Å². The highest BCUT2D eigenvalue weighted by Crippen LogP contribution is 2.36. The molecule has 1 aromatic rings. The van der Waals surface area contributed by atoms with Gasteiger partial charge in [-0.25, -0.2) is 4.39 Å². The molecule has 2 atom stereocenters. The molecule has 0 amide bonds. The Morgan fingerprint density at radius 3 is 2.33 bits per heavy atom. The van der Waals surface area contributed by atoms with Crippen molar-refractivity contribution in [2.24, 2.45) is 17.8 Å². The van der Waals surface area contributed by atoms with Gasteiger partial charge in [-0.2, -0.15) is 4.39 Å². The van der Waals surface area contributed by atoms with Crippen molar-refractivity contribution in [1.29, 1.82) is 0 Å². The first-order chi connectivity index (χ1) is 13.1. The maximum atomic E-state index is 14.4. The van der Waals surface area contributed by atoms with Gasteiger partial charge in [0.15, 0.2) is 11.6 Å². The molecule has 1 saturated carbocycles. The highest BCUT2D eigenvalue weighted by atomic mass is 19.2. The van der Waals surface area contributed by atoms with Crippen LogP contribution in [0, 0.1) is 29.4 Å². The van der Waals surface area contributed by atoms with Gasteiger partial charge in [-0.1, -0.05) is 36.4 Å². The van der Waals surface area contributed by atoms with Crippen LogP contribution in [0.5, 0.6) is 5.75 Å². The molecule has 1 nitrogen and oxygen atoms in total. The van der Waals surface area contributed by atoms with Crippen molar-refractivity contribution in [3.05, 3.63) is 66.3 Å². The molecule has 2 aliphatic carbocycles. The molecule has 0 bridgehead atoms.